The van der Waals surface area contributed by atoms with Crippen molar-refractivity contribution in [2.45, 2.75) is 18.9 Å². The van der Waals surface area contributed by atoms with Gasteiger partial charge in [0.1, 0.15) is 11.9 Å². The first-order valence-corrected chi connectivity index (χ1v) is 8.27. The number of ether oxygens (including phenoxy) is 2. The summed E-state index contributed by atoms with van der Waals surface area (Å²) in [5.41, 5.74) is 0.629. The number of nitrogens with one attached hydrogen (secondary N) is 1. The molecule has 8 nitrogen and oxygen atoms in total. The number of nitro groups is 1. The van der Waals surface area contributed by atoms with Crippen molar-refractivity contribution in [3.8, 4) is 5.75 Å². The predicted octanol–water partition coefficient (Wildman–Crippen LogP) is 2.19. The fourth-order valence-electron chi connectivity index (χ4n) is 2.65. The molecule has 148 valence electrons. The van der Waals surface area contributed by atoms with Gasteiger partial charge in [-0.15, -0.1) is 0 Å². The number of amides is 1. The van der Waals surface area contributed by atoms with Crippen LogP contribution in [0.5, 0.6) is 5.75 Å². The van der Waals surface area contributed by atoms with Gasteiger partial charge in [-0.3, -0.25) is 14.9 Å². The summed E-state index contributed by atoms with van der Waals surface area (Å²) in [5, 5.41) is 13.7. The molecule has 0 radical (unpaired) electrons. The third-order valence-electron chi connectivity index (χ3n) is 3.95. The Morgan fingerprint density at radius 2 is 1.93 bits per heavy atom. The minimum Gasteiger partial charge on any atom is -0.490 e. The topological polar surface area (TPSA) is 108 Å². The number of methoxy groups -OCH3 is 2. The molecule has 0 aliphatic rings. The first-order valence-electron chi connectivity index (χ1n) is 8.27. The summed E-state index contributed by atoms with van der Waals surface area (Å²) in [6, 6.07) is 8.73. The van der Waals surface area contributed by atoms with E-state index in [1.165, 1.54) is 44.6 Å². The Hall–Kier alpha value is -3.49. The van der Waals surface area contributed by atoms with E-state index in [1.807, 2.05) is 0 Å². The molecule has 0 aliphatic heterocycles. The van der Waals surface area contributed by atoms with E-state index < -0.39 is 28.7 Å². The number of hydrogen-bond donors (Lipinski definition) is 1. The van der Waals surface area contributed by atoms with E-state index in [0.717, 1.165) is 0 Å². The standard InChI is InChI=1S/C19H19FN2O6/c1-27-17-7-6-13(10-16(17)22(25)26)9-15(19(24)28-2)21-18(23)11-12-4-3-5-14(20)8-12/h3-8,10,15H,9,11H2,1-2H3,(H,21,23)/t15-/m0/s1. The van der Waals surface area contributed by atoms with Crippen molar-refractivity contribution in [2.75, 3.05) is 14.2 Å². The molecule has 2 aromatic carbocycles. The van der Waals surface area contributed by atoms with Gasteiger partial charge in [0.2, 0.25) is 5.91 Å². The van der Waals surface area contributed by atoms with E-state index in [2.05, 4.69) is 5.32 Å². The van der Waals surface area contributed by atoms with Crippen LogP contribution in [0.3, 0.4) is 0 Å². The number of nitrogens with zero attached hydrogens (tertiary/aromatic N) is 1. The molecular weight excluding hydrogens is 371 g/mol. The molecule has 0 aromatic heterocycles. The fourth-order valence-corrected chi connectivity index (χ4v) is 2.65. The van der Waals surface area contributed by atoms with Gasteiger partial charge in [0.15, 0.2) is 5.75 Å². The monoisotopic (exact) mass is 390 g/mol. The van der Waals surface area contributed by atoms with Gasteiger partial charge in [0.05, 0.1) is 25.6 Å². The molecular formula is C19H19FN2O6. The molecule has 0 spiro atoms. The molecule has 2 aromatic rings. The van der Waals surface area contributed by atoms with Gasteiger partial charge in [0, 0.05) is 12.5 Å². The second-order valence-electron chi connectivity index (χ2n) is 5.92. The third kappa shape index (κ3) is 5.50. The van der Waals surface area contributed by atoms with Crippen LogP contribution in [0.1, 0.15) is 11.1 Å². The van der Waals surface area contributed by atoms with Crippen LogP contribution >= 0.6 is 0 Å². The molecule has 2 rings (SSSR count). The number of esters is 1. The van der Waals surface area contributed by atoms with E-state index in [4.69, 9.17) is 9.47 Å². The number of benzene rings is 2. The summed E-state index contributed by atoms with van der Waals surface area (Å²) in [5.74, 6) is -1.60. The molecule has 0 saturated heterocycles. The van der Waals surface area contributed by atoms with Crippen molar-refractivity contribution >= 4 is 17.6 Å². The maximum Gasteiger partial charge on any atom is 0.328 e. The summed E-state index contributed by atoms with van der Waals surface area (Å²) < 4.78 is 22.9. The van der Waals surface area contributed by atoms with Gasteiger partial charge in [0.25, 0.3) is 0 Å². The highest BCUT2D eigenvalue weighted by molar-refractivity contribution is 5.85. The van der Waals surface area contributed by atoms with Crippen LogP contribution in [0.15, 0.2) is 42.5 Å². The minimum absolute atomic E-state index is 0.0214. The van der Waals surface area contributed by atoms with Crippen molar-refractivity contribution < 1.29 is 28.4 Å². The van der Waals surface area contributed by atoms with E-state index in [-0.39, 0.29) is 24.3 Å². The van der Waals surface area contributed by atoms with Crippen LogP contribution in [0, 0.1) is 15.9 Å². The van der Waals surface area contributed by atoms with Gasteiger partial charge in [-0.1, -0.05) is 18.2 Å². The van der Waals surface area contributed by atoms with Crippen molar-refractivity contribution in [3.05, 3.63) is 69.5 Å². The molecule has 0 bridgehead atoms. The molecule has 9 heteroatoms. The van der Waals surface area contributed by atoms with Gasteiger partial charge in [-0.2, -0.15) is 0 Å². The number of hydrogen-bond acceptors (Lipinski definition) is 6. The fraction of sp³-hybridized carbons (Fsp3) is 0.263. The minimum atomic E-state index is -1.06. The Labute approximate surface area is 160 Å². The average molecular weight is 390 g/mol. The smallest absolute Gasteiger partial charge is 0.328 e. The van der Waals surface area contributed by atoms with Crippen molar-refractivity contribution in [1.82, 2.24) is 5.32 Å². The van der Waals surface area contributed by atoms with Crippen molar-refractivity contribution in [3.63, 3.8) is 0 Å². The van der Waals surface area contributed by atoms with Crippen LogP contribution in [0.4, 0.5) is 10.1 Å². The molecule has 0 heterocycles. The lowest BCUT2D eigenvalue weighted by Crippen LogP contribution is -2.43. The Morgan fingerprint density at radius 1 is 1.18 bits per heavy atom. The summed E-state index contributed by atoms with van der Waals surface area (Å²) in [6.07, 6.45) is -0.152. The Balaban J connectivity index is 2.15. The quantitative estimate of drug-likeness (QED) is 0.421. The number of rotatable bonds is 8. The normalized spacial score (nSPS) is 11.4. The number of carbonyl (C=O) groups excluding carboxylic acids is 2. The van der Waals surface area contributed by atoms with Crippen LogP contribution in [-0.4, -0.2) is 37.1 Å². The molecule has 1 atom stereocenters. The van der Waals surface area contributed by atoms with Gasteiger partial charge in [-0.05, 0) is 29.3 Å². The Morgan fingerprint density at radius 3 is 2.54 bits per heavy atom. The zero-order valence-corrected chi connectivity index (χ0v) is 15.3. The zero-order valence-electron chi connectivity index (χ0n) is 15.3. The van der Waals surface area contributed by atoms with Crippen LogP contribution < -0.4 is 10.1 Å². The molecule has 28 heavy (non-hydrogen) atoms. The summed E-state index contributed by atoms with van der Waals surface area (Å²) in [4.78, 5) is 34.8. The first kappa shape index (κ1) is 20.8. The van der Waals surface area contributed by atoms with E-state index in [0.29, 0.717) is 11.1 Å². The van der Waals surface area contributed by atoms with E-state index >= 15 is 0 Å². The maximum atomic E-state index is 13.2. The van der Waals surface area contributed by atoms with E-state index in [9.17, 15) is 24.1 Å². The maximum absolute atomic E-state index is 13.2. The van der Waals surface area contributed by atoms with Crippen LogP contribution in [0.25, 0.3) is 0 Å². The SMILES string of the molecule is COC(=O)[C@H](Cc1ccc(OC)c([N+](=O)[O-])c1)NC(=O)Cc1cccc(F)c1. The highest BCUT2D eigenvalue weighted by atomic mass is 19.1. The largest absolute Gasteiger partial charge is 0.490 e. The number of nitro benzene ring substituents is 1. The van der Waals surface area contributed by atoms with Crippen LogP contribution in [0.2, 0.25) is 0 Å². The predicted molar refractivity (Wildman–Crippen MR) is 97.4 cm³/mol. The second kappa shape index (κ2) is 9.45. The van der Waals surface area contributed by atoms with Crippen molar-refractivity contribution in [1.29, 1.82) is 0 Å². The van der Waals surface area contributed by atoms with Crippen LogP contribution in [-0.2, 0) is 27.2 Å². The lowest BCUT2D eigenvalue weighted by molar-refractivity contribution is -0.385. The van der Waals surface area contributed by atoms with Crippen molar-refractivity contribution in [2.24, 2.45) is 0 Å². The molecule has 0 unspecified atom stereocenters. The zero-order chi connectivity index (χ0) is 20.7. The highest BCUT2D eigenvalue weighted by Crippen LogP contribution is 2.28. The highest BCUT2D eigenvalue weighted by Gasteiger charge is 2.24. The number of halogens is 1. The Kier molecular flexibility index (Phi) is 7.02. The molecule has 1 N–H and O–H groups in total. The average Bonchev–Trinajstić information content (AvgIpc) is 2.66. The lowest BCUT2D eigenvalue weighted by atomic mass is 10.0. The van der Waals surface area contributed by atoms with Gasteiger partial charge >= 0.3 is 11.7 Å². The van der Waals surface area contributed by atoms with Gasteiger partial charge in [-0.25, -0.2) is 9.18 Å². The number of carbonyl (C=O) groups is 2. The van der Waals surface area contributed by atoms with E-state index in [1.54, 1.807) is 12.1 Å². The molecule has 0 saturated carbocycles. The summed E-state index contributed by atoms with van der Waals surface area (Å²) in [7, 11) is 2.48. The Bertz CT molecular complexity index is 886. The molecule has 1 amide bonds. The molecule has 0 fully saturated rings. The summed E-state index contributed by atoms with van der Waals surface area (Å²) >= 11 is 0. The molecule has 0 aliphatic carbocycles. The van der Waals surface area contributed by atoms with Gasteiger partial charge < -0.3 is 14.8 Å². The summed E-state index contributed by atoms with van der Waals surface area (Å²) in [6.45, 7) is 0. The third-order valence-corrected chi connectivity index (χ3v) is 3.95. The second-order valence-corrected chi connectivity index (χ2v) is 5.92. The first-order chi connectivity index (χ1) is 13.3. The lowest BCUT2D eigenvalue weighted by Gasteiger charge is -2.17.